The topological polar surface area (TPSA) is 115 Å². The zero-order valence-electron chi connectivity index (χ0n) is 24.9. The predicted octanol–water partition coefficient (Wildman–Crippen LogP) is 6.66. The largest absolute Gasteiger partial charge is 0.421 e. The highest BCUT2D eigenvalue weighted by Gasteiger charge is 2.44. The fourth-order valence-electron chi connectivity index (χ4n) is 6.64. The fraction of sp³-hybridized carbons (Fsp3) is 0.286. The van der Waals surface area contributed by atoms with Crippen LogP contribution in [0.25, 0.3) is 21.9 Å². The predicted molar refractivity (Wildman–Crippen MR) is 169 cm³/mol. The van der Waals surface area contributed by atoms with E-state index in [4.69, 9.17) is 15.1 Å². The molecule has 1 fully saturated rings. The molecule has 2 aromatic carbocycles. The maximum Gasteiger partial charge on any atom is 0.258 e. The Kier molecular flexibility index (Phi) is 7.75. The monoisotopic (exact) mass is 621 g/mol. The van der Waals surface area contributed by atoms with E-state index in [0.29, 0.717) is 57.4 Å². The first-order valence-electron chi connectivity index (χ1n) is 15.3. The number of hydrogen-bond donors (Lipinski definition) is 1. The molecule has 1 unspecified atom stereocenters. The Labute approximate surface area is 264 Å². The van der Waals surface area contributed by atoms with Gasteiger partial charge in [-0.3, -0.25) is 14.6 Å². The van der Waals surface area contributed by atoms with Gasteiger partial charge >= 0.3 is 0 Å². The van der Waals surface area contributed by atoms with Gasteiger partial charge in [0, 0.05) is 23.9 Å². The van der Waals surface area contributed by atoms with Crippen molar-refractivity contribution in [2.45, 2.75) is 57.9 Å². The third kappa shape index (κ3) is 5.55. The Morgan fingerprint density at radius 1 is 0.978 bits per heavy atom. The van der Waals surface area contributed by atoms with Gasteiger partial charge in [0.25, 0.3) is 11.8 Å². The van der Waals surface area contributed by atoms with E-state index >= 15 is 0 Å². The number of aryl methyl sites for hydroxylation is 5. The summed E-state index contributed by atoms with van der Waals surface area (Å²) in [6.07, 6.45) is 6.85. The molecule has 10 heteroatoms. The Morgan fingerprint density at radius 3 is 2.40 bits per heavy atom. The van der Waals surface area contributed by atoms with Crippen LogP contribution < -0.4 is 5.73 Å². The van der Waals surface area contributed by atoms with Crippen LogP contribution in [0.5, 0.6) is 0 Å². The molecule has 2 aliphatic heterocycles. The standard InChI is InChI=1S/C26H22FN5O3S.C9H10/c1-13-30-31-25(35-13)20-16(9-6-14-4-7-15(27)8-5-14)29-23-17-3-2-12-32(17)26(34)22(23)21(20)18-10-11-19(36-18)24(28)33;1-2-5-9-7-3-6-8(9)4-1/h4-5,7-8,10-11,17H,2-3,6,9,12H2,1H3,(H2,28,33);1-2,4-5H,3,6-7H2. The van der Waals surface area contributed by atoms with Crippen molar-refractivity contribution in [2.75, 3.05) is 6.54 Å². The van der Waals surface area contributed by atoms with E-state index in [1.54, 1.807) is 42.3 Å². The van der Waals surface area contributed by atoms with Gasteiger partial charge in [0.15, 0.2) is 0 Å². The smallest absolute Gasteiger partial charge is 0.258 e. The first-order valence-corrected chi connectivity index (χ1v) is 16.1. The van der Waals surface area contributed by atoms with Gasteiger partial charge in [-0.15, -0.1) is 21.5 Å². The van der Waals surface area contributed by atoms with Gasteiger partial charge in [0.05, 0.1) is 33.4 Å². The molecule has 0 bridgehead atoms. The van der Waals surface area contributed by atoms with Crippen LogP contribution in [0.15, 0.2) is 65.1 Å². The number of fused-ring (bicyclic) bond motifs is 4. The number of aromatic nitrogens is 3. The zero-order chi connectivity index (χ0) is 31.1. The maximum absolute atomic E-state index is 13.6. The molecular formula is C35H32FN5O3S. The molecule has 3 aromatic heterocycles. The highest BCUT2D eigenvalue weighted by atomic mass is 32.1. The van der Waals surface area contributed by atoms with Crippen molar-refractivity contribution in [1.82, 2.24) is 20.1 Å². The third-order valence-electron chi connectivity index (χ3n) is 8.75. The van der Waals surface area contributed by atoms with Crippen molar-refractivity contribution >= 4 is 23.2 Å². The summed E-state index contributed by atoms with van der Waals surface area (Å²) in [7, 11) is 0. The summed E-state index contributed by atoms with van der Waals surface area (Å²) in [5.41, 5.74) is 12.9. The Bertz CT molecular complexity index is 1890. The fourth-order valence-corrected chi connectivity index (χ4v) is 7.55. The molecule has 8 rings (SSSR count). The summed E-state index contributed by atoms with van der Waals surface area (Å²) in [4.78, 5) is 33.5. The van der Waals surface area contributed by atoms with E-state index in [-0.39, 0.29) is 23.7 Å². The van der Waals surface area contributed by atoms with Crippen molar-refractivity contribution in [3.8, 4) is 21.9 Å². The number of pyridine rings is 1. The van der Waals surface area contributed by atoms with Crippen LogP contribution in [-0.4, -0.2) is 38.4 Å². The molecular weight excluding hydrogens is 589 g/mol. The average Bonchev–Trinajstić information content (AvgIpc) is 3.88. The summed E-state index contributed by atoms with van der Waals surface area (Å²) in [6.45, 7) is 2.38. The van der Waals surface area contributed by atoms with Crippen molar-refractivity contribution in [2.24, 2.45) is 5.73 Å². The van der Waals surface area contributed by atoms with E-state index in [2.05, 4.69) is 34.5 Å². The van der Waals surface area contributed by atoms with Crippen LogP contribution in [0.1, 0.15) is 79.3 Å². The number of carbonyl (C=O) groups excluding carboxylic acids is 2. The van der Waals surface area contributed by atoms with E-state index < -0.39 is 5.91 Å². The van der Waals surface area contributed by atoms with Gasteiger partial charge in [-0.1, -0.05) is 36.4 Å². The van der Waals surface area contributed by atoms with Gasteiger partial charge in [-0.25, -0.2) is 4.39 Å². The number of carbonyl (C=O) groups is 2. The second-order valence-electron chi connectivity index (χ2n) is 11.6. The molecule has 8 nitrogen and oxygen atoms in total. The average molecular weight is 622 g/mol. The zero-order valence-corrected chi connectivity index (χ0v) is 25.7. The minimum atomic E-state index is -0.532. The van der Waals surface area contributed by atoms with Gasteiger partial charge < -0.3 is 15.1 Å². The Balaban J connectivity index is 0.000000308. The number of benzene rings is 2. The van der Waals surface area contributed by atoms with Crippen molar-refractivity contribution in [3.05, 3.63) is 111 Å². The lowest BCUT2D eigenvalue weighted by atomic mass is 9.93. The Hall–Kier alpha value is -4.70. The molecule has 2 amide bonds. The summed E-state index contributed by atoms with van der Waals surface area (Å²) >= 11 is 1.23. The number of rotatable bonds is 6. The van der Waals surface area contributed by atoms with E-state index in [1.807, 2.05) is 4.90 Å². The van der Waals surface area contributed by atoms with Crippen LogP contribution in [0.3, 0.4) is 0 Å². The number of nitrogens with two attached hydrogens (primary N) is 1. The molecule has 0 saturated carbocycles. The van der Waals surface area contributed by atoms with Gasteiger partial charge in [0.2, 0.25) is 11.8 Å². The molecule has 0 radical (unpaired) electrons. The first-order chi connectivity index (χ1) is 21.9. The molecule has 3 aliphatic rings. The number of hydrogen-bond acceptors (Lipinski definition) is 7. The molecule has 5 aromatic rings. The molecule has 228 valence electrons. The summed E-state index contributed by atoms with van der Waals surface area (Å²) in [6, 6.07) is 18.5. The summed E-state index contributed by atoms with van der Waals surface area (Å²) in [5.74, 6) is -0.249. The van der Waals surface area contributed by atoms with E-state index in [0.717, 1.165) is 24.1 Å². The molecule has 2 N–H and O–H groups in total. The minimum Gasteiger partial charge on any atom is -0.421 e. The highest BCUT2D eigenvalue weighted by molar-refractivity contribution is 7.17. The van der Waals surface area contributed by atoms with E-state index in [9.17, 15) is 14.0 Å². The summed E-state index contributed by atoms with van der Waals surface area (Å²) in [5, 5.41) is 8.29. The minimum absolute atomic E-state index is 0.0772. The van der Waals surface area contributed by atoms with Crippen molar-refractivity contribution in [3.63, 3.8) is 0 Å². The number of amides is 2. The lowest BCUT2D eigenvalue weighted by Crippen LogP contribution is -2.22. The number of halogens is 1. The molecule has 1 atom stereocenters. The van der Waals surface area contributed by atoms with Crippen LogP contribution in [0.2, 0.25) is 0 Å². The van der Waals surface area contributed by atoms with Crippen molar-refractivity contribution in [1.29, 1.82) is 0 Å². The second kappa shape index (κ2) is 12.0. The highest BCUT2D eigenvalue weighted by Crippen LogP contribution is 2.49. The molecule has 5 heterocycles. The quantitative estimate of drug-likeness (QED) is 0.227. The van der Waals surface area contributed by atoms with Gasteiger partial charge in [0.1, 0.15) is 5.82 Å². The maximum atomic E-state index is 13.6. The lowest BCUT2D eigenvalue weighted by Gasteiger charge is -2.16. The summed E-state index contributed by atoms with van der Waals surface area (Å²) < 4.78 is 19.3. The van der Waals surface area contributed by atoms with Gasteiger partial charge in [-0.2, -0.15) is 0 Å². The number of primary amides is 1. The second-order valence-corrected chi connectivity index (χ2v) is 12.7. The SMILES string of the molecule is Cc1nnc(-c2c(CCc3ccc(F)cc3)nc3c(c2-c2ccc(C(N)=O)s2)C(=O)N2CCCC32)o1.c1ccc2c(c1)CCC2. The normalized spacial score (nSPS) is 16.3. The Morgan fingerprint density at radius 2 is 1.73 bits per heavy atom. The lowest BCUT2D eigenvalue weighted by molar-refractivity contribution is 0.0776. The molecule has 0 spiro atoms. The number of thiophene rings is 1. The van der Waals surface area contributed by atoms with Gasteiger partial charge in [-0.05, 0) is 85.9 Å². The van der Waals surface area contributed by atoms with Crippen molar-refractivity contribution < 1.29 is 18.4 Å². The molecule has 1 aliphatic carbocycles. The molecule has 45 heavy (non-hydrogen) atoms. The molecule has 1 saturated heterocycles. The van der Waals surface area contributed by atoms with Crippen LogP contribution in [-0.2, 0) is 25.7 Å². The van der Waals surface area contributed by atoms with Crippen LogP contribution >= 0.6 is 11.3 Å². The van der Waals surface area contributed by atoms with Crippen LogP contribution in [0, 0.1) is 12.7 Å². The first kappa shape index (κ1) is 29.0. The van der Waals surface area contributed by atoms with E-state index in [1.165, 1.54) is 42.7 Å². The van der Waals surface area contributed by atoms with Crippen LogP contribution in [0.4, 0.5) is 4.39 Å². The number of nitrogens with zero attached hydrogens (tertiary/aromatic N) is 4. The third-order valence-corrected chi connectivity index (χ3v) is 9.87.